The highest BCUT2D eigenvalue weighted by atomic mass is 32.2. The number of rotatable bonds is 8. The quantitative estimate of drug-likeness (QED) is 0.511. The molecule has 5 nitrogen and oxygen atoms in total. The third-order valence-corrected chi connectivity index (χ3v) is 2.56. The van der Waals surface area contributed by atoms with Crippen LogP contribution in [0.3, 0.4) is 0 Å². The summed E-state index contributed by atoms with van der Waals surface area (Å²) in [5.74, 6) is 1.84. The number of aryl methyl sites for hydroxylation is 1. The molecule has 1 aromatic rings. The van der Waals surface area contributed by atoms with Crippen molar-refractivity contribution in [1.82, 2.24) is 20.5 Å². The Labute approximate surface area is 94.4 Å². The molecule has 0 amide bonds. The molecule has 6 heteroatoms. The van der Waals surface area contributed by atoms with Crippen molar-refractivity contribution in [2.75, 3.05) is 32.1 Å². The van der Waals surface area contributed by atoms with E-state index in [1.807, 2.05) is 13.8 Å². The summed E-state index contributed by atoms with van der Waals surface area (Å²) in [7, 11) is 0. The highest BCUT2D eigenvalue weighted by Gasteiger charge is 1.98. The maximum absolute atomic E-state index is 5.20. The molecule has 1 rings (SSSR count). The van der Waals surface area contributed by atoms with Crippen LogP contribution in [0.2, 0.25) is 0 Å². The van der Waals surface area contributed by atoms with Gasteiger partial charge in [0.15, 0.2) is 0 Å². The maximum Gasteiger partial charge on any atom is 0.208 e. The standard InChI is InChI=1S/C9H18N4OS/c1-3-14-6-4-10-5-7-15-9-11-8(2)12-13-9/h10H,3-7H2,1-2H3,(H,11,12,13). The SMILES string of the molecule is CCOCCNCCSc1n[nH]c(C)n1. The summed E-state index contributed by atoms with van der Waals surface area (Å²) in [4.78, 5) is 4.20. The Morgan fingerprint density at radius 1 is 1.47 bits per heavy atom. The Bertz CT molecular complexity index is 266. The molecule has 0 aromatic carbocycles. The molecule has 0 radical (unpaired) electrons. The Balaban J connectivity index is 1.93. The number of H-pyrrole nitrogens is 1. The third-order valence-electron chi connectivity index (χ3n) is 1.71. The summed E-state index contributed by atoms with van der Waals surface area (Å²) in [6.07, 6.45) is 0. The van der Waals surface area contributed by atoms with Gasteiger partial charge in [-0.3, -0.25) is 5.10 Å². The minimum atomic E-state index is 0.779. The Morgan fingerprint density at radius 3 is 3.00 bits per heavy atom. The number of nitrogens with one attached hydrogen (secondary N) is 2. The summed E-state index contributed by atoms with van der Waals surface area (Å²) < 4.78 is 5.20. The lowest BCUT2D eigenvalue weighted by Gasteiger charge is -2.02. The number of hydrogen-bond acceptors (Lipinski definition) is 5. The molecule has 15 heavy (non-hydrogen) atoms. The largest absolute Gasteiger partial charge is 0.380 e. The zero-order chi connectivity index (χ0) is 10.9. The van der Waals surface area contributed by atoms with E-state index < -0.39 is 0 Å². The van der Waals surface area contributed by atoms with Crippen LogP contribution in [0.5, 0.6) is 0 Å². The van der Waals surface area contributed by atoms with Crippen molar-refractivity contribution < 1.29 is 4.74 Å². The molecule has 86 valence electrons. The van der Waals surface area contributed by atoms with Gasteiger partial charge in [0.1, 0.15) is 5.82 Å². The minimum absolute atomic E-state index is 0.779. The number of ether oxygens (including phenoxy) is 1. The van der Waals surface area contributed by atoms with Crippen molar-refractivity contribution in [3.05, 3.63) is 5.82 Å². The molecule has 1 heterocycles. The summed E-state index contributed by atoms with van der Waals surface area (Å²) >= 11 is 1.65. The zero-order valence-corrected chi connectivity index (χ0v) is 10.1. The fraction of sp³-hybridized carbons (Fsp3) is 0.778. The highest BCUT2D eigenvalue weighted by molar-refractivity contribution is 7.99. The summed E-state index contributed by atoms with van der Waals surface area (Å²) in [5.41, 5.74) is 0. The van der Waals surface area contributed by atoms with E-state index in [-0.39, 0.29) is 0 Å². The number of nitrogens with zero attached hydrogens (tertiary/aromatic N) is 2. The predicted molar refractivity (Wildman–Crippen MR) is 61.2 cm³/mol. The van der Waals surface area contributed by atoms with Gasteiger partial charge in [-0.05, 0) is 13.8 Å². The van der Waals surface area contributed by atoms with Crippen molar-refractivity contribution in [2.45, 2.75) is 19.0 Å². The molecule has 0 bridgehead atoms. The smallest absolute Gasteiger partial charge is 0.208 e. The second-order valence-corrected chi connectivity index (χ2v) is 4.06. The minimum Gasteiger partial charge on any atom is -0.380 e. The second-order valence-electron chi connectivity index (χ2n) is 3.00. The topological polar surface area (TPSA) is 62.8 Å². The van der Waals surface area contributed by atoms with E-state index in [2.05, 4.69) is 20.5 Å². The van der Waals surface area contributed by atoms with Gasteiger partial charge in [-0.25, -0.2) is 4.98 Å². The van der Waals surface area contributed by atoms with Crippen LogP contribution in [-0.2, 0) is 4.74 Å². The monoisotopic (exact) mass is 230 g/mol. The average molecular weight is 230 g/mol. The van der Waals surface area contributed by atoms with E-state index in [1.54, 1.807) is 11.8 Å². The summed E-state index contributed by atoms with van der Waals surface area (Å²) in [6, 6.07) is 0. The molecule has 0 fully saturated rings. The summed E-state index contributed by atoms with van der Waals surface area (Å²) in [6.45, 7) is 7.32. The van der Waals surface area contributed by atoms with E-state index in [1.165, 1.54) is 0 Å². The van der Waals surface area contributed by atoms with Crippen LogP contribution in [-0.4, -0.2) is 47.2 Å². The number of aromatic amines is 1. The molecule has 0 atom stereocenters. The van der Waals surface area contributed by atoms with Crippen LogP contribution in [0.25, 0.3) is 0 Å². The number of hydrogen-bond donors (Lipinski definition) is 2. The first-order valence-corrected chi connectivity index (χ1v) is 6.11. The van der Waals surface area contributed by atoms with Gasteiger partial charge in [-0.1, -0.05) is 11.8 Å². The van der Waals surface area contributed by atoms with Gasteiger partial charge in [0.25, 0.3) is 0 Å². The van der Waals surface area contributed by atoms with Gasteiger partial charge in [0.2, 0.25) is 5.16 Å². The van der Waals surface area contributed by atoms with Gasteiger partial charge in [-0.2, -0.15) is 0 Å². The van der Waals surface area contributed by atoms with Crippen molar-refractivity contribution in [3.63, 3.8) is 0 Å². The molecule has 0 saturated carbocycles. The van der Waals surface area contributed by atoms with E-state index in [9.17, 15) is 0 Å². The van der Waals surface area contributed by atoms with Crippen LogP contribution in [0.15, 0.2) is 5.16 Å². The van der Waals surface area contributed by atoms with E-state index in [0.29, 0.717) is 0 Å². The lowest BCUT2D eigenvalue weighted by atomic mass is 10.6. The average Bonchev–Trinajstić information content (AvgIpc) is 2.63. The molecule has 0 unspecified atom stereocenters. The molecule has 2 N–H and O–H groups in total. The Kier molecular flexibility index (Phi) is 6.38. The summed E-state index contributed by atoms with van der Waals surface area (Å²) in [5, 5.41) is 11.0. The van der Waals surface area contributed by atoms with Crippen molar-refractivity contribution in [3.8, 4) is 0 Å². The Hall–Kier alpha value is -0.590. The van der Waals surface area contributed by atoms with Gasteiger partial charge in [0, 0.05) is 25.4 Å². The molecule has 0 spiro atoms. The van der Waals surface area contributed by atoms with Crippen molar-refractivity contribution in [2.24, 2.45) is 0 Å². The van der Waals surface area contributed by atoms with Gasteiger partial charge in [0.05, 0.1) is 6.61 Å². The zero-order valence-electron chi connectivity index (χ0n) is 9.25. The van der Waals surface area contributed by atoms with Crippen LogP contribution in [0.1, 0.15) is 12.7 Å². The molecule has 0 aliphatic carbocycles. The fourth-order valence-electron chi connectivity index (χ4n) is 1.01. The lowest BCUT2D eigenvalue weighted by Crippen LogP contribution is -2.22. The van der Waals surface area contributed by atoms with Crippen molar-refractivity contribution >= 4 is 11.8 Å². The maximum atomic E-state index is 5.20. The first-order chi connectivity index (χ1) is 7.33. The Morgan fingerprint density at radius 2 is 2.33 bits per heavy atom. The molecule has 0 aliphatic rings. The predicted octanol–water partition coefficient (Wildman–Crippen LogP) is 0.831. The van der Waals surface area contributed by atoms with Gasteiger partial charge >= 0.3 is 0 Å². The van der Waals surface area contributed by atoms with Crippen LogP contribution in [0.4, 0.5) is 0 Å². The number of aromatic nitrogens is 3. The van der Waals surface area contributed by atoms with E-state index in [0.717, 1.165) is 43.0 Å². The van der Waals surface area contributed by atoms with Crippen LogP contribution in [0, 0.1) is 6.92 Å². The van der Waals surface area contributed by atoms with Gasteiger partial charge in [-0.15, -0.1) is 5.10 Å². The van der Waals surface area contributed by atoms with Crippen LogP contribution < -0.4 is 5.32 Å². The lowest BCUT2D eigenvalue weighted by molar-refractivity contribution is 0.150. The molecule has 1 aromatic heterocycles. The third kappa shape index (κ3) is 5.76. The normalized spacial score (nSPS) is 10.8. The first kappa shape index (κ1) is 12.5. The van der Waals surface area contributed by atoms with Gasteiger partial charge < -0.3 is 10.1 Å². The molecular weight excluding hydrogens is 212 g/mol. The number of thioether (sulfide) groups is 1. The van der Waals surface area contributed by atoms with Crippen molar-refractivity contribution in [1.29, 1.82) is 0 Å². The van der Waals surface area contributed by atoms with E-state index >= 15 is 0 Å². The highest BCUT2D eigenvalue weighted by Crippen LogP contribution is 2.10. The molecule has 0 aliphatic heterocycles. The first-order valence-electron chi connectivity index (χ1n) is 5.13. The fourth-order valence-corrected chi connectivity index (χ4v) is 1.76. The molecular formula is C9H18N4OS. The second kappa shape index (κ2) is 7.67. The van der Waals surface area contributed by atoms with Crippen LogP contribution >= 0.6 is 11.8 Å². The molecule has 0 saturated heterocycles. The van der Waals surface area contributed by atoms with E-state index in [4.69, 9.17) is 4.74 Å².